The van der Waals surface area contributed by atoms with E-state index >= 15 is 0 Å². The number of halogens is 1. The number of aryl methyl sites for hydroxylation is 1. The van der Waals surface area contributed by atoms with Crippen molar-refractivity contribution in [1.82, 2.24) is 15.1 Å². The number of para-hydroxylation sites is 1. The summed E-state index contributed by atoms with van der Waals surface area (Å²) in [5, 5.41) is 17.8. The van der Waals surface area contributed by atoms with E-state index < -0.39 is 10.8 Å². The lowest BCUT2D eigenvalue weighted by atomic mass is 10.1. The van der Waals surface area contributed by atoms with E-state index in [2.05, 4.69) is 20.4 Å². The molecule has 4 rings (SSSR count). The molecule has 150 valence electrons. The summed E-state index contributed by atoms with van der Waals surface area (Å²) in [7, 11) is 0. The standard InChI is InChI=1S/C19H12FN5O4S/c1-10-15(18-22-16(24-29-18)11-6-8-12(20)9-7-11)30-19(21-10)23-17(26)13-4-2-3-5-14(13)25(27)28/h2-9H,1H3,(H,21,23,26). The van der Waals surface area contributed by atoms with Crippen LogP contribution >= 0.6 is 11.3 Å². The topological polar surface area (TPSA) is 124 Å². The second-order valence-corrected chi connectivity index (χ2v) is 7.09. The predicted octanol–water partition coefficient (Wildman–Crippen LogP) is 4.47. The van der Waals surface area contributed by atoms with Crippen LogP contribution < -0.4 is 5.32 Å². The minimum absolute atomic E-state index is 0.0757. The van der Waals surface area contributed by atoms with Gasteiger partial charge in [0.05, 0.1) is 10.6 Å². The molecule has 0 saturated heterocycles. The monoisotopic (exact) mass is 425 g/mol. The number of nitro groups is 1. The van der Waals surface area contributed by atoms with Gasteiger partial charge < -0.3 is 4.52 Å². The fraction of sp³-hybridized carbons (Fsp3) is 0.0526. The molecule has 0 saturated carbocycles. The third-order valence-electron chi connectivity index (χ3n) is 4.09. The van der Waals surface area contributed by atoms with Crippen LogP contribution in [0.4, 0.5) is 15.2 Å². The zero-order chi connectivity index (χ0) is 21.3. The minimum atomic E-state index is -0.653. The number of hydrogen-bond acceptors (Lipinski definition) is 8. The molecule has 0 aliphatic carbocycles. The van der Waals surface area contributed by atoms with Crippen molar-refractivity contribution >= 4 is 28.1 Å². The number of benzene rings is 2. The second-order valence-electron chi connectivity index (χ2n) is 6.09. The van der Waals surface area contributed by atoms with Gasteiger partial charge in [0.15, 0.2) is 5.13 Å². The maximum atomic E-state index is 13.1. The molecule has 2 aromatic heterocycles. The van der Waals surface area contributed by atoms with Crippen LogP contribution in [-0.4, -0.2) is 26.0 Å². The molecule has 0 radical (unpaired) electrons. The van der Waals surface area contributed by atoms with E-state index in [-0.39, 0.29) is 33.9 Å². The third kappa shape index (κ3) is 3.78. The van der Waals surface area contributed by atoms with E-state index in [0.717, 1.165) is 11.3 Å². The molecule has 1 amide bonds. The first-order chi connectivity index (χ1) is 14.4. The zero-order valence-electron chi connectivity index (χ0n) is 15.3. The van der Waals surface area contributed by atoms with Crippen LogP contribution in [-0.2, 0) is 0 Å². The van der Waals surface area contributed by atoms with Gasteiger partial charge in [0.2, 0.25) is 5.82 Å². The number of carbonyl (C=O) groups excluding carboxylic acids is 1. The highest BCUT2D eigenvalue weighted by atomic mass is 32.1. The maximum absolute atomic E-state index is 13.1. The van der Waals surface area contributed by atoms with Crippen molar-refractivity contribution < 1.29 is 18.6 Å². The first kappa shape index (κ1) is 19.3. The van der Waals surface area contributed by atoms with Crippen LogP contribution in [0.25, 0.3) is 22.2 Å². The lowest BCUT2D eigenvalue weighted by Gasteiger charge is -2.02. The Balaban J connectivity index is 1.58. The molecule has 0 unspecified atom stereocenters. The highest BCUT2D eigenvalue weighted by Crippen LogP contribution is 2.33. The molecule has 30 heavy (non-hydrogen) atoms. The van der Waals surface area contributed by atoms with Gasteiger partial charge in [-0.1, -0.05) is 28.6 Å². The number of thiazole rings is 1. The molecule has 4 aromatic rings. The van der Waals surface area contributed by atoms with Crippen LogP contribution in [0.1, 0.15) is 16.1 Å². The van der Waals surface area contributed by atoms with Gasteiger partial charge in [0, 0.05) is 11.6 Å². The Labute approximate surface area is 172 Å². The van der Waals surface area contributed by atoms with Gasteiger partial charge in [-0.3, -0.25) is 20.2 Å². The molecule has 0 fully saturated rings. The SMILES string of the molecule is Cc1nc(NC(=O)c2ccccc2[N+](=O)[O-])sc1-c1nc(-c2ccc(F)cc2)no1. The molecule has 2 heterocycles. The molecular formula is C19H12FN5O4S. The molecule has 0 atom stereocenters. The van der Waals surface area contributed by atoms with E-state index in [0.29, 0.717) is 16.1 Å². The number of nitrogens with zero attached hydrogens (tertiary/aromatic N) is 4. The van der Waals surface area contributed by atoms with Crippen LogP contribution in [0.2, 0.25) is 0 Å². The normalized spacial score (nSPS) is 10.7. The Kier molecular flexibility index (Phi) is 5.02. The summed E-state index contributed by atoms with van der Waals surface area (Å²) in [6, 6.07) is 11.3. The minimum Gasteiger partial charge on any atom is -0.333 e. The molecular weight excluding hydrogens is 413 g/mol. The van der Waals surface area contributed by atoms with Crippen LogP contribution in [0, 0.1) is 22.9 Å². The number of nitrogens with one attached hydrogen (secondary N) is 1. The number of hydrogen-bond donors (Lipinski definition) is 1. The Hall–Kier alpha value is -3.99. The molecule has 1 N–H and O–H groups in total. The lowest BCUT2D eigenvalue weighted by Crippen LogP contribution is -2.13. The third-order valence-corrected chi connectivity index (χ3v) is 5.15. The fourth-order valence-corrected chi connectivity index (χ4v) is 3.55. The van der Waals surface area contributed by atoms with E-state index in [1.807, 2.05) is 0 Å². The van der Waals surface area contributed by atoms with Crippen molar-refractivity contribution in [3.8, 4) is 22.2 Å². The predicted molar refractivity (Wildman–Crippen MR) is 107 cm³/mol. The molecule has 0 aliphatic heterocycles. The second kappa shape index (κ2) is 7.79. The Morgan fingerprint density at radius 2 is 1.90 bits per heavy atom. The fourth-order valence-electron chi connectivity index (χ4n) is 2.67. The van der Waals surface area contributed by atoms with Crippen molar-refractivity contribution in [2.75, 3.05) is 5.32 Å². The highest BCUT2D eigenvalue weighted by molar-refractivity contribution is 7.19. The molecule has 0 bridgehead atoms. The Morgan fingerprint density at radius 3 is 2.63 bits per heavy atom. The smallest absolute Gasteiger partial charge is 0.282 e. The average molecular weight is 425 g/mol. The number of carbonyl (C=O) groups is 1. The number of anilines is 1. The molecule has 0 spiro atoms. The first-order valence-electron chi connectivity index (χ1n) is 8.54. The van der Waals surface area contributed by atoms with E-state index in [1.165, 1.54) is 48.5 Å². The molecule has 2 aromatic carbocycles. The summed E-state index contributed by atoms with van der Waals surface area (Å²) in [5.41, 5.74) is 0.739. The zero-order valence-corrected chi connectivity index (χ0v) is 16.1. The van der Waals surface area contributed by atoms with Gasteiger partial charge in [0.1, 0.15) is 16.3 Å². The van der Waals surface area contributed by atoms with Gasteiger partial charge in [-0.25, -0.2) is 9.37 Å². The number of amides is 1. The van der Waals surface area contributed by atoms with E-state index in [4.69, 9.17) is 4.52 Å². The van der Waals surface area contributed by atoms with Gasteiger partial charge in [-0.15, -0.1) is 0 Å². The maximum Gasteiger partial charge on any atom is 0.282 e. The molecule has 9 nitrogen and oxygen atoms in total. The van der Waals surface area contributed by atoms with Crippen molar-refractivity contribution in [1.29, 1.82) is 0 Å². The van der Waals surface area contributed by atoms with Crippen LogP contribution in [0.3, 0.4) is 0 Å². The summed E-state index contributed by atoms with van der Waals surface area (Å²) in [6.07, 6.45) is 0. The van der Waals surface area contributed by atoms with Crippen LogP contribution in [0.15, 0.2) is 53.1 Å². The van der Waals surface area contributed by atoms with Gasteiger partial charge in [-0.05, 0) is 37.3 Å². The summed E-state index contributed by atoms with van der Waals surface area (Å²) < 4.78 is 18.4. The lowest BCUT2D eigenvalue weighted by molar-refractivity contribution is -0.385. The van der Waals surface area contributed by atoms with Crippen molar-refractivity contribution in [2.24, 2.45) is 0 Å². The van der Waals surface area contributed by atoms with Gasteiger partial charge >= 0.3 is 0 Å². The summed E-state index contributed by atoms with van der Waals surface area (Å²) in [6.45, 7) is 1.70. The number of nitro benzene ring substituents is 1. The summed E-state index contributed by atoms with van der Waals surface area (Å²) >= 11 is 1.09. The average Bonchev–Trinajstić information content (AvgIpc) is 3.35. The Bertz CT molecular complexity index is 1250. The van der Waals surface area contributed by atoms with Gasteiger partial charge in [0.25, 0.3) is 17.5 Å². The van der Waals surface area contributed by atoms with Gasteiger partial charge in [-0.2, -0.15) is 4.98 Å². The molecule has 0 aliphatic rings. The van der Waals surface area contributed by atoms with Crippen molar-refractivity contribution in [3.05, 3.63) is 75.7 Å². The van der Waals surface area contributed by atoms with Crippen molar-refractivity contribution in [3.63, 3.8) is 0 Å². The summed E-state index contributed by atoms with van der Waals surface area (Å²) in [5.74, 6) is -0.557. The van der Waals surface area contributed by atoms with Crippen molar-refractivity contribution in [2.45, 2.75) is 6.92 Å². The Morgan fingerprint density at radius 1 is 1.17 bits per heavy atom. The first-order valence-corrected chi connectivity index (χ1v) is 9.36. The van der Waals surface area contributed by atoms with E-state index in [1.54, 1.807) is 6.92 Å². The quantitative estimate of drug-likeness (QED) is 0.369. The highest BCUT2D eigenvalue weighted by Gasteiger charge is 2.22. The number of rotatable bonds is 5. The summed E-state index contributed by atoms with van der Waals surface area (Å²) in [4.78, 5) is 32.1. The largest absolute Gasteiger partial charge is 0.333 e. The molecule has 11 heteroatoms. The van der Waals surface area contributed by atoms with E-state index in [9.17, 15) is 19.3 Å². The van der Waals surface area contributed by atoms with Crippen LogP contribution in [0.5, 0.6) is 0 Å². The number of aromatic nitrogens is 3.